The van der Waals surface area contributed by atoms with E-state index in [2.05, 4.69) is 36.3 Å². The molecular weight excluding hydrogens is 575 g/mol. The largest absolute Gasteiger partial charge is 0.416 e. The summed E-state index contributed by atoms with van der Waals surface area (Å²) in [6, 6.07) is 10.7. The Bertz CT molecular complexity index is 1300. The molecule has 2 N–H and O–H groups in total. The maximum absolute atomic E-state index is 13.4. The normalized spacial score (nSPS) is 19.8. The van der Waals surface area contributed by atoms with Crippen LogP contribution in [0.1, 0.15) is 56.0 Å². The third-order valence-electron chi connectivity index (χ3n) is 7.51. The first-order chi connectivity index (χ1) is 19.2. The van der Waals surface area contributed by atoms with E-state index in [4.69, 9.17) is 0 Å². The number of benzene rings is 2. The molecule has 2 amide bonds. The van der Waals surface area contributed by atoms with Crippen LogP contribution in [0.15, 0.2) is 58.3 Å². The quantitative estimate of drug-likeness (QED) is 0.346. The molecule has 0 aliphatic heterocycles. The van der Waals surface area contributed by atoms with Gasteiger partial charge < -0.3 is 10.6 Å². The van der Waals surface area contributed by atoms with Crippen LogP contribution in [0.4, 0.5) is 13.2 Å². The van der Waals surface area contributed by atoms with Crippen LogP contribution in [-0.2, 0) is 20.8 Å². The van der Waals surface area contributed by atoms with Crippen LogP contribution < -0.4 is 10.6 Å². The first-order valence-corrected chi connectivity index (χ1v) is 16.5. The first-order valence-electron chi connectivity index (χ1n) is 13.6. The van der Waals surface area contributed by atoms with E-state index in [1.165, 1.54) is 17.8 Å². The Morgan fingerprint density at radius 2 is 1.78 bits per heavy atom. The molecular formula is C29H38F3N3O4S2. The van der Waals surface area contributed by atoms with Crippen molar-refractivity contribution in [3.63, 3.8) is 0 Å². The van der Waals surface area contributed by atoms with Crippen molar-refractivity contribution >= 4 is 33.4 Å². The third kappa shape index (κ3) is 8.96. The van der Waals surface area contributed by atoms with Crippen LogP contribution in [0.25, 0.3) is 0 Å². The van der Waals surface area contributed by atoms with Gasteiger partial charge in [0.05, 0.1) is 22.8 Å². The standard InChI is InChI=1S/C29H38F3N3O4S2/c1-5-35(19(2)3)23-9-14-26(21(16-23)18-41(38,39)25-12-10-24(40-4)11-13-25)34-27(36)17-33-28(37)20-7-6-8-22(15-20)29(30,31)32/h6-8,10-13,15,19,21,23,26H,5,9,14,16-18H2,1-4H3,(H,33,37)(H,34,36)/t21-,23+,26+/m1/s1. The monoisotopic (exact) mass is 613 g/mol. The van der Waals surface area contributed by atoms with Gasteiger partial charge >= 0.3 is 6.18 Å². The summed E-state index contributed by atoms with van der Waals surface area (Å²) < 4.78 is 65.8. The molecule has 0 heterocycles. The number of amides is 2. The molecule has 1 fully saturated rings. The maximum atomic E-state index is 13.4. The number of rotatable bonds is 11. The molecule has 3 rings (SSSR count). The molecule has 226 valence electrons. The van der Waals surface area contributed by atoms with E-state index in [1.807, 2.05) is 6.26 Å². The van der Waals surface area contributed by atoms with E-state index in [0.29, 0.717) is 12.8 Å². The molecule has 3 atom stereocenters. The van der Waals surface area contributed by atoms with E-state index in [9.17, 15) is 31.2 Å². The minimum Gasteiger partial charge on any atom is -0.352 e. The van der Waals surface area contributed by atoms with Crippen LogP contribution in [0.2, 0.25) is 0 Å². The van der Waals surface area contributed by atoms with Gasteiger partial charge in [-0.05, 0) is 94.3 Å². The van der Waals surface area contributed by atoms with Gasteiger partial charge in [-0.25, -0.2) is 8.42 Å². The zero-order valence-electron chi connectivity index (χ0n) is 23.7. The summed E-state index contributed by atoms with van der Waals surface area (Å²) in [5.41, 5.74) is -1.17. The van der Waals surface area contributed by atoms with Gasteiger partial charge in [-0.3, -0.25) is 14.5 Å². The van der Waals surface area contributed by atoms with E-state index in [1.54, 1.807) is 24.3 Å². The summed E-state index contributed by atoms with van der Waals surface area (Å²) >= 11 is 1.52. The highest BCUT2D eigenvalue weighted by Gasteiger charge is 2.37. The summed E-state index contributed by atoms with van der Waals surface area (Å²) in [6.07, 6.45) is -0.772. The Labute approximate surface area is 244 Å². The molecule has 1 saturated carbocycles. The van der Waals surface area contributed by atoms with Crippen molar-refractivity contribution in [1.29, 1.82) is 0 Å². The smallest absolute Gasteiger partial charge is 0.352 e. The zero-order valence-corrected chi connectivity index (χ0v) is 25.3. The van der Waals surface area contributed by atoms with Crippen LogP contribution >= 0.6 is 11.8 Å². The van der Waals surface area contributed by atoms with Gasteiger partial charge in [-0.15, -0.1) is 11.8 Å². The number of halogens is 3. The molecule has 0 bridgehead atoms. The van der Waals surface area contributed by atoms with Gasteiger partial charge in [0.15, 0.2) is 9.84 Å². The highest BCUT2D eigenvalue weighted by atomic mass is 32.2. The van der Waals surface area contributed by atoms with Crippen LogP contribution in [0.3, 0.4) is 0 Å². The molecule has 12 heteroatoms. The lowest BCUT2D eigenvalue weighted by Crippen LogP contribution is -2.53. The number of hydrogen-bond acceptors (Lipinski definition) is 6. The van der Waals surface area contributed by atoms with Crippen molar-refractivity contribution in [2.75, 3.05) is 25.1 Å². The van der Waals surface area contributed by atoms with Gasteiger partial charge in [-0.1, -0.05) is 13.0 Å². The number of sulfone groups is 1. The number of carbonyl (C=O) groups excluding carboxylic acids is 2. The molecule has 1 aliphatic carbocycles. The fraction of sp³-hybridized carbons (Fsp3) is 0.517. The lowest BCUT2D eigenvalue weighted by atomic mass is 9.81. The molecule has 1 aliphatic rings. The molecule has 0 unspecified atom stereocenters. The van der Waals surface area contributed by atoms with E-state index < -0.39 is 46.0 Å². The zero-order chi connectivity index (χ0) is 30.4. The Morgan fingerprint density at radius 1 is 1.10 bits per heavy atom. The summed E-state index contributed by atoms with van der Waals surface area (Å²) in [5.74, 6) is -1.84. The predicted molar refractivity (Wildman–Crippen MR) is 155 cm³/mol. The van der Waals surface area contributed by atoms with Crippen molar-refractivity contribution in [3.8, 4) is 0 Å². The molecule has 0 saturated heterocycles. The number of thioether (sulfide) groups is 1. The number of alkyl halides is 3. The Hall–Kier alpha value is -2.57. The fourth-order valence-electron chi connectivity index (χ4n) is 5.48. The number of hydrogen-bond donors (Lipinski definition) is 2. The predicted octanol–water partition coefficient (Wildman–Crippen LogP) is 5.01. The van der Waals surface area contributed by atoms with Gasteiger partial charge in [-0.2, -0.15) is 13.2 Å². The van der Waals surface area contributed by atoms with Crippen molar-refractivity contribution in [3.05, 3.63) is 59.7 Å². The van der Waals surface area contributed by atoms with E-state index in [0.717, 1.165) is 36.1 Å². The minimum atomic E-state index is -4.60. The van der Waals surface area contributed by atoms with Gasteiger partial charge in [0.1, 0.15) is 0 Å². The van der Waals surface area contributed by atoms with Crippen molar-refractivity contribution < 1.29 is 31.2 Å². The minimum absolute atomic E-state index is 0.140. The summed E-state index contributed by atoms with van der Waals surface area (Å²) in [5, 5.41) is 5.26. The molecule has 2 aromatic carbocycles. The topological polar surface area (TPSA) is 95.6 Å². The Balaban J connectivity index is 1.72. The highest BCUT2D eigenvalue weighted by Crippen LogP contribution is 2.32. The second kappa shape index (κ2) is 14.1. The Morgan fingerprint density at radius 3 is 2.37 bits per heavy atom. The molecule has 41 heavy (non-hydrogen) atoms. The second-order valence-corrected chi connectivity index (χ2v) is 13.5. The van der Waals surface area contributed by atoms with Crippen LogP contribution in [0, 0.1) is 5.92 Å². The van der Waals surface area contributed by atoms with Crippen molar-refractivity contribution in [2.24, 2.45) is 5.92 Å². The number of nitrogens with zero attached hydrogens (tertiary/aromatic N) is 1. The second-order valence-electron chi connectivity index (χ2n) is 10.5. The highest BCUT2D eigenvalue weighted by molar-refractivity contribution is 7.98. The summed E-state index contributed by atoms with van der Waals surface area (Å²) in [6.45, 7) is 6.64. The van der Waals surface area contributed by atoms with Crippen LogP contribution in [-0.4, -0.2) is 68.4 Å². The van der Waals surface area contributed by atoms with E-state index >= 15 is 0 Å². The van der Waals surface area contributed by atoms with Gasteiger partial charge in [0, 0.05) is 28.6 Å². The lowest BCUT2D eigenvalue weighted by Gasteiger charge is -2.43. The molecule has 7 nitrogen and oxygen atoms in total. The lowest BCUT2D eigenvalue weighted by molar-refractivity contribution is -0.137. The maximum Gasteiger partial charge on any atom is 0.416 e. The third-order valence-corrected chi connectivity index (χ3v) is 10.1. The van der Waals surface area contributed by atoms with E-state index in [-0.39, 0.29) is 34.2 Å². The Kier molecular flexibility index (Phi) is 11.3. The first kappa shape index (κ1) is 32.9. The van der Waals surface area contributed by atoms with Crippen molar-refractivity contribution in [2.45, 2.75) is 74.1 Å². The summed E-state index contributed by atoms with van der Waals surface area (Å²) in [7, 11) is -3.65. The molecule has 0 spiro atoms. The molecule has 2 aromatic rings. The summed E-state index contributed by atoms with van der Waals surface area (Å²) in [4.78, 5) is 28.8. The van der Waals surface area contributed by atoms with Crippen molar-refractivity contribution in [1.82, 2.24) is 15.5 Å². The average Bonchev–Trinajstić information content (AvgIpc) is 2.92. The van der Waals surface area contributed by atoms with Crippen LogP contribution in [0.5, 0.6) is 0 Å². The fourth-order valence-corrected chi connectivity index (χ4v) is 7.56. The molecule has 0 radical (unpaired) electrons. The SMILES string of the molecule is CCN(C(C)C)[C@H]1CC[C@H](NC(=O)CNC(=O)c2cccc(C(F)(F)F)c2)[C@@H](CS(=O)(=O)c2ccc(SC)cc2)C1. The molecule has 0 aromatic heterocycles. The number of carbonyl (C=O) groups is 2. The number of nitrogens with one attached hydrogen (secondary N) is 2. The average molecular weight is 614 g/mol. The van der Waals surface area contributed by atoms with Gasteiger partial charge in [0.25, 0.3) is 5.91 Å². The van der Waals surface area contributed by atoms with Gasteiger partial charge in [0.2, 0.25) is 5.91 Å².